The van der Waals surface area contributed by atoms with Crippen LogP contribution in [0.15, 0.2) is 35.6 Å². The van der Waals surface area contributed by atoms with Crippen LogP contribution in [0.5, 0.6) is 0 Å². The van der Waals surface area contributed by atoms with Gasteiger partial charge >= 0.3 is 11.9 Å². The van der Waals surface area contributed by atoms with Crippen molar-refractivity contribution in [1.29, 1.82) is 0 Å². The Morgan fingerprint density at radius 2 is 1.57 bits per heavy atom. The van der Waals surface area contributed by atoms with Gasteiger partial charge < -0.3 is 19.7 Å². The van der Waals surface area contributed by atoms with Crippen LogP contribution in [0.2, 0.25) is 0 Å². The summed E-state index contributed by atoms with van der Waals surface area (Å²) in [5.74, 6) is -2.39. The maximum Gasteiger partial charge on any atom is 0.350 e. The summed E-state index contributed by atoms with van der Waals surface area (Å²) in [5, 5.41) is 18.7. The zero-order valence-corrected chi connectivity index (χ0v) is 18.3. The Morgan fingerprint density at radius 3 is 2.17 bits per heavy atom. The van der Waals surface area contributed by atoms with Crippen LogP contribution in [0.4, 0.5) is 0 Å². The first-order valence-electron chi connectivity index (χ1n) is 11.3. The number of aliphatic hydroxyl groups is 2. The molecule has 170 valence electrons. The van der Waals surface area contributed by atoms with E-state index in [1.807, 2.05) is 0 Å². The van der Waals surface area contributed by atoms with E-state index in [2.05, 4.69) is 36.0 Å². The number of unbranched alkanes of at least 4 members (excludes halogenated alkanes) is 9. The number of allylic oxidation sites excluding steroid dienone is 4. The lowest BCUT2D eigenvalue weighted by Gasteiger charge is -2.04. The van der Waals surface area contributed by atoms with Gasteiger partial charge in [0, 0.05) is 0 Å². The summed E-state index contributed by atoms with van der Waals surface area (Å²) in [6.45, 7) is 1.85. The lowest BCUT2D eigenvalue weighted by molar-refractivity contribution is -0.147. The lowest BCUT2D eigenvalue weighted by atomic mass is 10.1. The van der Waals surface area contributed by atoms with Crippen molar-refractivity contribution in [2.45, 2.75) is 90.1 Å². The third kappa shape index (κ3) is 10.6. The van der Waals surface area contributed by atoms with E-state index in [1.54, 1.807) is 0 Å². The fourth-order valence-corrected chi connectivity index (χ4v) is 3.15. The zero-order valence-electron chi connectivity index (χ0n) is 18.3. The average Bonchev–Trinajstić information content (AvgIpc) is 3.03. The molecule has 1 aliphatic rings. The van der Waals surface area contributed by atoms with Crippen LogP contribution in [0, 0.1) is 0 Å². The summed E-state index contributed by atoms with van der Waals surface area (Å²) in [5.41, 5.74) is -0.505. The van der Waals surface area contributed by atoms with E-state index < -0.39 is 36.0 Å². The smallest absolute Gasteiger partial charge is 0.350 e. The third-order valence-corrected chi connectivity index (χ3v) is 4.96. The first-order valence-corrected chi connectivity index (χ1v) is 11.3. The van der Waals surface area contributed by atoms with Gasteiger partial charge in [-0.3, -0.25) is 0 Å². The molecule has 1 rings (SSSR count). The molecule has 6 heteroatoms. The first-order chi connectivity index (χ1) is 14.6. The molecule has 0 bridgehead atoms. The van der Waals surface area contributed by atoms with Crippen molar-refractivity contribution >= 4 is 11.9 Å². The molecule has 0 aromatic carbocycles. The van der Waals surface area contributed by atoms with Gasteiger partial charge in [0.2, 0.25) is 0 Å². The van der Waals surface area contributed by atoms with E-state index in [0.29, 0.717) is 6.42 Å². The van der Waals surface area contributed by atoms with E-state index >= 15 is 0 Å². The molecular weight excluding hydrogens is 384 g/mol. The number of cyclic esters (lactones) is 1. The van der Waals surface area contributed by atoms with Crippen LogP contribution < -0.4 is 0 Å². The molecular formula is C24H38O6. The monoisotopic (exact) mass is 422 g/mol. The molecule has 6 nitrogen and oxygen atoms in total. The highest BCUT2D eigenvalue weighted by Gasteiger charge is 2.39. The Kier molecular flexibility index (Phi) is 14.4. The Labute approximate surface area is 180 Å². The van der Waals surface area contributed by atoms with E-state index in [9.17, 15) is 14.7 Å². The molecule has 0 aromatic rings. The number of carbonyl (C=O) groups excluding carboxylic acids is 2. The molecule has 0 aliphatic carbocycles. The number of ether oxygens (including phenoxy) is 2. The number of carbonyl (C=O) groups is 2. The second kappa shape index (κ2) is 16.7. The lowest BCUT2D eigenvalue weighted by Crippen LogP contribution is -2.16. The van der Waals surface area contributed by atoms with Crippen LogP contribution in [0.25, 0.3) is 0 Å². The highest BCUT2D eigenvalue weighted by Crippen LogP contribution is 2.21. The molecule has 0 saturated heterocycles. The highest BCUT2D eigenvalue weighted by atomic mass is 16.6. The summed E-state index contributed by atoms with van der Waals surface area (Å²) in [6.07, 6.45) is 21.3. The fourth-order valence-electron chi connectivity index (χ4n) is 3.15. The number of rotatable bonds is 17. The summed E-state index contributed by atoms with van der Waals surface area (Å²) in [4.78, 5) is 23.4. The first kappa shape index (κ1) is 26.0. The Balaban J connectivity index is 1.95. The summed E-state index contributed by atoms with van der Waals surface area (Å²) >= 11 is 0. The molecule has 2 N–H and O–H groups in total. The van der Waals surface area contributed by atoms with Crippen LogP contribution >= 0.6 is 0 Å². The number of hydrogen-bond donors (Lipinski definition) is 2. The Morgan fingerprint density at radius 1 is 0.967 bits per heavy atom. The number of esters is 2. The molecule has 0 fully saturated rings. The van der Waals surface area contributed by atoms with Crippen LogP contribution in [-0.2, 0) is 19.1 Å². The van der Waals surface area contributed by atoms with E-state index in [4.69, 9.17) is 9.84 Å². The van der Waals surface area contributed by atoms with Crippen molar-refractivity contribution in [3.05, 3.63) is 35.6 Å². The summed E-state index contributed by atoms with van der Waals surface area (Å²) in [7, 11) is 0. The fraction of sp³-hybridized carbons (Fsp3) is 0.667. The summed E-state index contributed by atoms with van der Waals surface area (Å²) in [6, 6.07) is 0. The molecule has 0 unspecified atom stereocenters. The van der Waals surface area contributed by atoms with Crippen molar-refractivity contribution in [2.24, 2.45) is 0 Å². The van der Waals surface area contributed by atoms with Crippen molar-refractivity contribution in [3.8, 4) is 0 Å². The molecule has 0 amide bonds. The minimum Gasteiger partial charge on any atom is -0.507 e. The molecule has 0 spiro atoms. The zero-order chi connectivity index (χ0) is 22.0. The van der Waals surface area contributed by atoms with Gasteiger partial charge in [-0.2, -0.15) is 0 Å². The number of aliphatic hydroxyl groups excluding tert-OH is 2. The molecule has 30 heavy (non-hydrogen) atoms. The van der Waals surface area contributed by atoms with Gasteiger partial charge in [0.25, 0.3) is 0 Å². The highest BCUT2D eigenvalue weighted by molar-refractivity contribution is 6.16. The average molecular weight is 423 g/mol. The molecule has 0 saturated carbocycles. The topological polar surface area (TPSA) is 93.1 Å². The van der Waals surface area contributed by atoms with Crippen LogP contribution in [0.3, 0.4) is 0 Å². The molecule has 1 atom stereocenters. The van der Waals surface area contributed by atoms with Crippen molar-refractivity contribution in [3.63, 3.8) is 0 Å². The van der Waals surface area contributed by atoms with E-state index in [0.717, 1.165) is 32.1 Å². The Bertz CT molecular complexity index is 591. The van der Waals surface area contributed by atoms with Gasteiger partial charge in [0.15, 0.2) is 17.4 Å². The van der Waals surface area contributed by atoms with Gasteiger partial charge in [-0.15, -0.1) is 0 Å². The predicted molar refractivity (Wildman–Crippen MR) is 117 cm³/mol. The van der Waals surface area contributed by atoms with Crippen LogP contribution in [-0.4, -0.2) is 41.5 Å². The Hall–Kier alpha value is -2.08. The van der Waals surface area contributed by atoms with Crippen molar-refractivity contribution in [1.82, 2.24) is 0 Å². The quantitative estimate of drug-likeness (QED) is 0.147. The van der Waals surface area contributed by atoms with Gasteiger partial charge in [-0.25, -0.2) is 9.59 Å². The second-order valence-corrected chi connectivity index (χ2v) is 7.56. The van der Waals surface area contributed by atoms with Gasteiger partial charge in [0.05, 0.1) is 13.2 Å². The normalized spacial score (nSPS) is 16.7. The molecule has 1 aliphatic heterocycles. The van der Waals surface area contributed by atoms with Gasteiger partial charge in [-0.1, -0.05) is 69.8 Å². The minimum atomic E-state index is -1.16. The largest absolute Gasteiger partial charge is 0.507 e. The summed E-state index contributed by atoms with van der Waals surface area (Å²) < 4.78 is 9.70. The second-order valence-electron chi connectivity index (χ2n) is 7.56. The minimum absolute atomic E-state index is 0.196. The molecule has 0 radical (unpaired) electrons. The molecule has 1 heterocycles. The van der Waals surface area contributed by atoms with Gasteiger partial charge in [-0.05, 0) is 38.5 Å². The maximum absolute atomic E-state index is 11.9. The van der Waals surface area contributed by atoms with Crippen LogP contribution in [0.1, 0.15) is 84.0 Å². The van der Waals surface area contributed by atoms with Crippen molar-refractivity contribution < 1.29 is 29.3 Å². The number of hydrogen-bond acceptors (Lipinski definition) is 6. The maximum atomic E-state index is 11.9. The third-order valence-electron chi connectivity index (χ3n) is 4.96. The van der Waals surface area contributed by atoms with Crippen molar-refractivity contribution in [2.75, 3.05) is 13.2 Å². The van der Waals surface area contributed by atoms with Gasteiger partial charge in [0.1, 0.15) is 0 Å². The standard InChI is InChI=1S/C24H38O6/c1-2-3-4-5-6-7-8-9-10-11-12-13-14-15-16-17-18-29-23(27)21-22(26)20(19-25)30-24(21)28/h6-7,9-10,20,25-26H,2-5,8,11-19H2,1H3/b7-6+,10-9+/t20-/m1/s1. The van der Waals surface area contributed by atoms with E-state index in [1.165, 1.54) is 38.5 Å². The predicted octanol–water partition coefficient (Wildman–Crippen LogP) is 5.07. The van der Waals surface area contributed by atoms with E-state index in [-0.39, 0.29) is 6.61 Å². The SMILES string of the molecule is CCCCC/C=C/C/C=C/CCCCCCCCOC(=O)C1=C(O)[C@@H](CO)OC1=O. The molecule has 0 aromatic heterocycles.